The number of carbonyl (C=O) groups excluding carboxylic acids is 2. The SMILES string of the molecule is NC(=O)C1(Br)C=C(c2ccccc2)C(Br)=C(Br)C1(Br)C(N)=O. The molecule has 4 nitrogen and oxygen atoms in total. The fourth-order valence-corrected chi connectivity index (χ4v) is 5.17. The van der Waals surface area contributed by atoms with Gasteiger partial charge in [0.2, 0.25) is 11.8 Å². The number of primary amides is 2. The number of halogens is 4. The number of carbonyl (C=O) groups is 2. The van der Waals surface area contributed by atoms with Crippen LogP contribution in [-0.2, 0) is 9.59 Å². The van der Waals surface area contributed by atoms with E-state index in [1.807, 2.05) is 30.3 Å². The van der Waals surface area contributed by atoms with Crippen LogP contribution in [-0.4, -0.2) is 20.5 Å². The molecule has 0 radical (unpaired) electrons. The van der Waals surface area contributed by atoms with Crippen molar-refractivity contribution in [3.63, 3.8) is 0 Å². The van der Waals surface area contributed by atoms with Crippen molar-refractivity contribution in [2.24, 2.45) is 11.5 Å². The molecule has 22 heavy (non-hydrogen) atoms. The quantitative estimate of drug-likeness (QED) is 0.559. The van der Waals surface area contributed by atoms with E-state index in [2.05, 4.69) is 63.7 Å². The first kappa shape index (κ1) is 17.9. The molecule has 116 valence electrons. The van der Waals surface area contributed by atoms with Crippen molar-refractivity contribution in [2.45, 2.75) is 8.65 Å². The van der Waals surface area contributed by atoms with Crippen LogP contribution in [0.15, 0.2) is 45.4 Å². The fraction of sp³-hybridized carbons (Fsp3) is 0.143. The van der Waals surface area contributed by atoms with Crippen molar-refractivity contribution in [1.82, 2.24) is 0 Å². The number of hydrogen-bond donors (Lipinski definition) is 2. The molecule has 4 N–H and O–H groups in total. The van der Waals surface area contributed by atoms with Gasteiger partial charge in [-0.3, -0.25) is 9.59 Å². The molecule has 1 aromatic rings. The van der Waals surface area contributed by atoms with Crippen molar-refractivity contribution in [3.05, 3.63) is 50.9 Å². The van der Waals surface area contributed by atoms with Gasteiger partial charge in [0.05, 0.1) is 0 Å². The Hall–Kier alpha value is -0.440. The highest BCUT2D eigenvalue weighted by molar-refractivity contribution is 9.16. The first-order valence-electron chi connectivity index (χ1n) is 5.98. The van der Waals surface area contributed by atoms with E-state index in [4.69, 9.17) is 11.5 Å². The van der Waals surface area contributed by atoms with E-state index >= 15 is 0 Å². The monoisotopic (exact) mass is 554 g/mol. The number of allylic oxidation sites excluding steroid dienone is 2. The molecule has 2 rings (SSSR count). The van der Waals surface area contributed by atoms with Crippen LogP contribution in [0, 0.1) is 0 Å². The van der Waals surface area contributed by atoms with Gasteiger partial charge in [-0.05, 0) is 33.1 Å². The Morgan fingerprint density at radius 2 is 1.50 bits per heavy atom. The van der Waals surface area contributed by atoms with Gasteiger partial charge in [-0.15, -0.1) is 0 Å². The minimum atomic E-state index is -1.54. The Bertz CT molecular complexity index is 717. The van der Waals surface area contributed by atoms with Crippen LogP contribution in [0.25, 0.3) is 5.57 Å². The molecule has 8 heteroatoms. The molecule has 2 amide bonds. The largest absolute Gasteiger partial charge is 0.368 e. The molecule has 0 saturated carbocycles. The summed E-state index contributed by atoms with van der Waals surface area (Å²) in [6.07, 6.45) is 1.58. The first-order valence-corrected chi connectivity index (χ1v) is 9.15. The van der Waals surface area contributed by atoms with Crippen molar-refractivity contribution in [3.8, 4) is 0 Å². The standard InChI is InChI=1S/C14H10Br4N2O2/c15-9-8(7-4-2-1-3-5-7)6-13(17,11(19)21)14(18,10(9)16)12(20)22/h1-6H,(H2,19,21)(H2,20,22). The molecule has 0 spiro atoms. The molecule has 2 unspecified atom stereocenters. The van der Waals surface area contributed by atoms with Crippen molar-refractivity contribution >= 4 is 81.1 Å². The third-order valence-electron chi connectivity index (χ3n) is 3.36. The van der Waals surface area contributed by atoms with Crippen LogP contribution < -0.4 is 11.5 Å². The molecule has 0 aromatic heterocycles. The predicted molar refractivity (Wildman–Crippen MR) is 101 cm³/mol. The van der Waals surface area contributed by atoms with Crippen LogP contribution in [0.2, 0.25) is 0 Å². The summed E-state index contributed by atoms with van der Waals surface area (Å²) in [6, 6.07) is 9.39. The topological polar surface area (TPSA) is 86.2 Å². The van der Waals surface area contributed by atoms with Gasteiger partial charge in [-0.2, -0.15) is 0 Å². The molecule has 0 heterocycles. The van der Waals surface area contributed by atoms with Gasteiger partial charge in [0.25, 0.3) is 0 Å². The molecular formula is C14H10Br4N2O2. The molecule has 2 atom stereocenters. The first-order chi connectivity index (χ1) is 10.2. The Labute approximate surface area is 160 Å². The van der Waals surface area contributed by atoms with E-state index in [1.165, 1.54) is 0 Å². The van der Waals surface area contributed by atoms with E-state index in [0.717, 1.165) is 5.56 Å². The maximum absolute atomic E-state index is 12.1. The molecule has 1 aliphatic carbocycles. The lowest BCUT2D eigenvalue weighted by atomic mass is 9.82. The third kappa shape index (κ3) is 2.53. The normalized spacial score (nSPS) is 28.3. The highest BCUT2D eigenvalue weighted by atomic mass is 79.9. The second-order valence-electron chi connectivity index (χ2n) is 4.65. The fourth-order valence-electron chi connectivity index (χ4n) is 2.15. The summed E-state index contributed by atoms with van der Waals surface area (Å²) in [5.74, 6) is -1.50. The molecule has 0 aliphatic heterocycles. The lowest BCUT2D eigenvalue weighted by molar-refractivity contribution is -0.125. The summed E-state index contributed by atoms with van der Waals surface area (Å²) < 4.78 is -2.08. The average Bonchev–Trinajstić information content (AvgIpc) is 2.49. The van der Waals surface area contributed by atoms with E-state index < -0.39 is 20.5 Å². The number of hydrogen-bond acceptors (Lipinski definition) is 2. The van der Waals surface area contributed by atoms with E-state index in [9.17, 15) is 9.59 Å². The molecule has 0 fully saturated rings. The summed E-state index contributed by atoms with van der Waals surface area (Å²) in [4.78, 5) is 24.1. The highest BCUT2D eigenvalue weighted by Gasteiger charge is 2.60. The van der Waals surface area contributed by atoms with Crippen LogP contribution in [0.1, 0.15) is 5.56 Å². The number of benzene rings is 1. The summed E-state index contributed by atoms with van der Waals surface area (Å²) in [5.41, 5.74) is 12.6. The summed E-state index contributed by atoms with van der Waals surface area (Å²) in [5, 5.41) is 0. The van der Waals surface area contributed by atoms with Crippen molar-refractivity contribution < 1.29 is 9.59 Å². The number of amides is 2. The van der Waals surface area contributed by atoms with Crippen LogP contribution in [0.5, 0.6) is 0 Å². The zero-order valence-electron chi connectivity index (χ0n) is 10.9. The van der Waals surface area contributed by atoms with Crippen LogP contribution in [0.3, 0.4) is 0 Å². The summed E-state index contributed by atoms with van der Waals surface area (Å²) in [7, 11) is 0. The maximum atomic E-state index is 12.1. The number of alkyl halides is 2. The zero-order valence-corrected chi connectivity index (χ0v) is 17.3. The lowest BCUT2D eigenvalue weighted by Crippen LogP contribution is -2.60. The average molecular weight is 558 g/mol. The minimum absolute atomic E-state index is 0.379. The molecule has 0 saturated heterocycles. The van der Waals surface area contributed by atoms with Gasteiger partial charge >= 0.3 is 0 Å². The smallest absolute Gasteiger partial charge is 0.241 e. The Kier molecular flexibility index (Phi) is 5.06. The number of rotatable bonds is 3. The Morgan fingerprint density at radius 1 is 0.955 bits per heavy atom. The van der Waals surface area contributed by atoms with Crippen LogP contribution in [0.4, 0.5) is 0 Å². The second kappa shape index (κ2) is 6.22. The van der Waals surface area contributed by atoms with E-state index in [0.29, 0.717) is 14.5 Å². The Morgan fingerprint density at radius 3 is 1.95 bits per heavy atom. The van der Waals surface area contributed by atoms with Gasteiger partial charge < -0.3 is 11.5 Å². The van der Waals surface area contributed by atoms with E-state index in [-0.39, 0.29) is 0 Å². The van der Waals surface area contributed by atoms with Gasteiger partial charge in [-0.1, -0.05) is 78.1 Å². The number of nitrogens with two attached hydrogens (primary N) is 2. The predicted octanol–water partition coefficient (Wildman–Crippen LogP) is 3.32. The van der Waals surface area contributed by atoms with Crippen molar-refractivity contribution in [1.29, 1.82) is 0 Å². The third-order valence-corrected chi connectivity index (χ3v) is 9.40. The van der Waals surface area contributed by atoms with Crippen LogP contribution >= 0.6 is 63.7 Å². The van der Waals surface area contributed by atoms with Gasteiger partial charge in [0.1, 0.15) is 0 Å². The molecule has 0 bridgehead atoms. The molecule has 1 aliphatic rings. The molecular weight excluding hydrogens is 548 g/mol. The Balaban J connectivity index is 2.78. The van der Waals surface area contributed by atoms with Gasteiger partial charge in [0, 0.05) is 8.96 Å². The minimum Gasteiger partial charge on any atom is -0.368 e. The highest BCUT2D eigenvalue weighted by Crippen LogP contribution is 2.55. The van der Waals surface area contributed by atoms with Gasteiger partial charge in [0.15, 0.2) is 8.65 Å². The van der Waals surface area contributed by atoms with Crippen molar-refractivity contribution in [2.75, 3.05) is 0 Å². The lowest BCUT2D eigenvalue weighted by Gasteiger charge is -2.40. The maximum Gasteiger partial charge on any atom is 0.241 e. The summed E-state index contributed by atoms with van der Waals surface area (Å²) in [6.45, 7) is 0. The van der Waals surface area contributed by atoms with Gasteiger partial charge in [-0.25, -0.2) is 0 Å². The van der Waals surface area contributed by atoms with E-state index in [1.54, 1.807) is 6.08 Å². The second-order valence-corrected chi connectivity index (χ2v) is 8.68. The summed E-state index contributed by atoms with van der Waals surface area (Å²) >= 11 is 13.4. The molecule has 1 aromatic carbocycles. The zero-order chi connectivity index (χ0) is 16.7.